The number of carbonyl (C=O) groups is 1. The second-order valence-electron chi connectivity index (χ2n) is 7.65. The summed E-state index contributed by atoms with van der Waals surface area (Å²) in [5, 5.41) is 0. The van der Waals surface area contributed by atoms with Crippen molar-refractivity contribution in [2.75, 3.05) is 26.2 Å². The van der Waals surface area contributed by atoms with Crippen LogP contribution in [0.1, 0.15) is 49.9 Å². The summed E-state index contributed by atoms with van der Waals surface area (Å²) in [5.74, 6) is 0.898. The average molecular weight is 365 g/mol. The maximum absolute atomic E-state index is 12.9. The van der Waals surface area contributed by atoms with Crippen LogP contribution >= 0.6 is 0 Å². The monoisotopic (exact) mass is 364 g/mol. The highest BCUT2D eigenvalue weighted by Crippen LogP contribution is 2.25. The third-order valence-electron chi connectivity index (χ3n) is 5.19. The molecule has 0 bridgehead atoms. The lowest BCUT2D eigenvalue weighted by atomic mass is 9.91. The maximum atomic E-state index is 12.9. The van der Waals surface area contributed by atoms with Crippen LogP contribution in [0.3, 0.4) is 0 Å². The minimum atomic E-state index is -3.51. The SMILES string of the molecule is C[C@@H]1C[C@@H](C)CN(C(=O)c2cccc(S(=O)(=O)N3CCCCC3)c2)C1. The van der Waals surface area contributed by atoms with Crippen LogP contribution < -0.4 is 0 Å². The summed E-state index contributed by atoms with van der Waals surface area (Å²) in [5.41, 5.74) is 0.472. The van der Waals surface area contributed by atoms with E-state index in [9.17, 15) is 13.2 Å². The Balaban J connectivity index is 1.82. The standard InChI is InChI=1S/C19H28N2O3S/c1-15-11-16(2)14-20(13-15)19(22)17-7-6-8-18(12-17)25(23,24)21-9-4-3-5-10-21/h6-8,12,15-16H,3-5,9-11,13-14H2,1-2H3/t15-,16-/m1/s1. The molecule has 0 radical (unpaired) electrons. The van der Waals surface area contributed by atoms with Crippen molar-refractivity contribution in [3.8, 4) is 0 Å². The van der Waals surface area contributed by atoms with E-state index in [-0.39, 0.29) is 10.8 Å². The molecule has 0 unspecified atom stereocenters. The number of benzene rings is 1. The van der Waals surface area contributed by atoms with Crippen LogP contribution in [0.2, 0.25) is 0 Å². The van der Waals surface area contributed by atoms with Crippen molar-refractivity contribution in [1.29, 1.82) is 0 Å². The number of sulfonamides is 1. The summed E-state index contributed by atoms with van der Waals surface area (Å²) in [6.45, 7) is 6.95. The second-order valence-corrected chi connectivity index (χ2v) is 9.59. The van der Waals surface area contributed by atoms with Gasteiger partial charge >= 0.3 is 0 Å². The van der Waals surface area contributed by atoms with Gasteiger partial charge in [0, 0.05) is 31.7 Å². The zero-order chi connectivity index (χ0) is 18.0. The number of piperidine rings is 2. The van der Waals surface area contributed by atoms with Crippen LogP contribution in [0, 0.1) is 11.8 Å². The summed E-state index contributed by atoms with van der Waals surface area (Å²) in [7, 11) is -3.51. The molecule has 0 spiro atoms. The van der Waals surface area contributed by atoms with Gasteiger partial charge in [-0.15, -0.1) is 0 Å². The summed E-state index contributed by atoms with van der Waals surface area (Å²) in [4.78, 5) is 15.0. The molecular formula is C19H28N2O3S. The van der Waals surface area contributed by atoms with E-state index in [1.54, 1.807) is 28.6 Å². The van der Waals surface area contributed by atoms with Gasteiger partial charge in [-0.1, -0.05) is 26.3 Å². The smallest absolute Gasteiger partial charge is 0.253 e. The molecule has 2 fully saturated rings. The Morgan fingerprint density at radius 2 is 1.68 bits per heavy atom. The molecule has 0 saturated carbocycles. The molecule has 6 heteroatoms. The van der Waals surface area contributed by atoms with Gasteiger partial charge in [0.05, 0.1) is 4.90 Å². The Morgan fingerprint density at radius 3 is 2.32 bits per heavy atom. The first-order valence-electron chi connectivity index (χ1n) is 9.27. The summed E-state index contributed by atoms with van der Waals surface area (Å²) >= 11 is 0. The number of hydrogen-bond donors (Lipinski definition) is 0. The van der Waals surface area contributed by atoms with Crippen molar-refractivity contribution in [3.63, 3.8) is 0 Å². The van der Waals surface area contributed by atoms with Gasteiger partial charge in [0.15, 0.2) is 0 Å². The van der Waals surface area contributed by atoms with E-state index >= 15 is 0 Å². The van der Waals surface area contributed by atoms with Gasteiger partial charge in [-0.05, 0) is 49.3 Å². The number of hydrogen-bond acceptors (Lipinski definition) is 3. The predicted octanol–water partition coefficient (Wildman–Crippen LogP) is 2.98. The Kier molecular flexibility index (Phi) is 5.49. The summed E-state index contributed by atoms with van der Waals surface area (Å²) in [6, 6.07) is 6.56. The highest BCUT2D eigenvalue weighted by molar-refractivity contribution is 7.89. The van der Waals surface area contributed by atoms with Crippen molar-refractivity contribution in [2.24, 2.45) is 11.8 Å². The molecule has 2 aliphatic heterocycles. The Morgan fingerprint density at radius 1 is 1.04 bits per heavy atom. The average Bonchev–Trinajstić information content (AvgIpc) is 2.61. The minimum Gasteiger partial charge on any atom is -0.338 e. The third kappa shape index (κ3) is 4.06. The highest BCUT2D eigenvalue weighted by Gasteiger charge is 2.29. The zero-order valence-electron chi connectivity index (χ0n) is 15.1. The van der Waals surface area contributed by atoms with Crippen LogP contribution in [-0.2, 0) is 10.0 Å². The molecule has 1 aromatic carbocycles. The van der Waals surface area contributed by atoms with Gasteiger partial charge in [-0.2, -0.15) is 4.31 Å². The van der Waals surface area contributed by atoms with Gasteiger partial charge in [0.2, 0.25) is 10.0 Å². The molecule has 0 aromatic heterocycles. The van der Waals surface area contributed by atoms with Gasteiger partial charge in [-0.25, -0.2) is 8.42 Å². The van der Waals surface area contributed by atoms with Crippen LogP contribution in [0.25, 0.3) is 0 Å². The molecule has 0 N–H and O–H groups in total. The van der Waals surface area contributed by atoms with Crippen molar-refractivity contribution in [3.05, 3.63) is 29.8 Å². The lowest BCUT2D eigenvalue weighted by molar-refractivity contribution is 0.0623. The lowest BCUT2D eigenvalue weighted by Gasteiger charge is -2.35. The Bertz CT molecular complexity index is 716. The zero-order valence-corrected chi connectivity index (χ0v) is 16.0. The van der Waals surface area contributed by atoms with Gasteiger partial charge in [0.25, 0.3) is 5.91 Å². The summed E-state index contributed by atoms with van der Waals surface area (Å²) < 4.78 is 27.2. The van der Waals surface area contributed by atoms with Crippen molar-refractivity contribution >= 4 is 15.9 Å². The van der Waals surface area contributed by atoms with Crippen LogP contribution in [0.4, 0.5) is 0 Å². The molecule has 2 atom stereocenters. The molecule has 25 heavy (non-hydrogen) atoms. The first-order valence-corrected chi connectivity index (χ1v) is 10.7. The third-order valence-corrected chi connectivity index (χ3v) is 7.08. The van der Waals surface area contributed by atoms with Crippen LogP contribution in [0.5, 0.6) is 0 Å². The number of carbonyl (C=O) groups excluding carboxylic acids is 1. The molecule has 2 saturated heterocycles. The van der Waals surface area contributed by atoms with E-state index in [4.69, 9.17) is 0 Å². The van der Waals surface area contributed by atoms with E-state index in [1.165, 1.54) is 0 Å². The largest absolute Gasteiger partial charge is 0.338 e. The highest BCUT2D eigenvalue weighted by atomic mass is 32.2. The van der Waals surface area contributed by atoms with Crippen LogP contribution in [-0.4, -0.2) is 49.7 Å². The molecule has 1 amide bonds. The van der Waals surface area contributed by atoms with Crippen molar-refractivity contribution < 1.29 is 13.2 Å². The molecule has 5 nitrogen and oxygen atoms in total. The van der Waals surface area contributed by atoms with E-state index in [0.29, 0.717) is 30.5 Å². The molecule has 3 rings (SSSR count). The molecule has 2 heterocycles. The first kappa shape index (κ1) is 18.4. The fourth-order valence-electron chi connectivity index (χ4n) is 4.06. The van der Waals surface area contributed by atoms with E-state index in [0.717, 1.165) is 38.8 Å². The fourth-order valence-corrected chi connectivity index (χ4v) is 5.62. The van der Waals surface area contributed by atoms with Gasteiger partial charge < -0.3 is 4.90 Å². The number of rotatable bonds is 3. The number of nitrogens with zero attached hydrogens (tertiary/aromatic N) is 2. The Labute approximate surface area is 151 Å². The Hall–Kier alpha value is -1.40. The first-order chi connectivity index (χ1) is 11.9. The molecule has 138 valence electrons. The predicted molar refractivity (Wildman–Crippen MR) is 97.9 cm³/mol. The number of amides is 1. The topological polar surface area (TPSA) is 57.7 Å². The van der Waals surface area contributed by atoms with E-state index in [2.05, 4.69) is 13.8 Å². The van der Waals surface area contributed by atoms with Crippen LogP contribution in [0.15, 0.2) is 29.2 Å². The summed E-state index contributed by atoms with van der Waals surface area (Å²) in [6.07, 6.45) is 4.02. The molecule has 1 aromatic rings. The van der Waals surface area contributed by atoms with Crippen molar-refractivity contribution in [1.82, 2.24) is 9.21 Å². The normalized spacial score (nSPS) is 25.8. The van der Waals surface area contributed by atoms with E-state index in [1.807, 2.05) is 4.90 Å². The van der Waals surface area contributed by atoms with E-state index < -0.39 is 10.0 Å². The van der Waals surface area contributed by atoms with Gasteiger partial charge in [-0.3, -0.25) is 4.79 Å². The van der Waals surface area contributed by atoms with Gasteiger partial charge in [0.1, 0.15) is 0 Å². The van der Waals surface area contributed by atoms with Crippen molar-refractivity contribution in [2.45, 2.75) is 44.4 Å². The number of likely N-dealkylation sites (tertiary alicyclic amines) is 1. The second kappa shape index (κ2) is 7.46. The fraction of sp³-hybridized carbons (Fsp3) is 0.632. The molecule has 2 aliphatic rings. The molecular weight excluding hydrogens is 336 g/mol. The maximum Gasteiger partial charge on any atom is 0.253 e. The minimum absolute atomic E-state index is 0.0610. The lowest BCUT2D eigenvalue weighted by Crippen LogP contribution is -2.42. The molecule has 0 aliphatic carbocycles. The quantitative estimate of drug-likeness (QED) is 0.828.